The summed E-state index contributed by atoms with van der Waals surface area (Å²) in [6.45, 7) is 4.01. The Morgan fingerprint density at radius 2 is 2.31 bits per heavy atom. The van der Waals surface area contributed by atoms with E-state index in [1.165, 1.54) is 0 Å². The normalized spacial score (nSPS) is 27.2. The van der Waals surface area contributed by atoms with Gasteiger partial charge < -0.3 is 9.47 Å². The molecule has 1 atom stereocenters. The van der Waals surface area contributed by atoms with E-state index in [4.69, 9.17) is 4.74 Å². The first-order valence-corrected chi connectivity index (χ1v) is 4.37. The molecule has 4 nitrogen and oxygen atoms in total. The zero-order chi connectivity index (χ0) is 9.90. The van der Waals surface area contributed by atoms with Crippen molar-refractivity contribution in [2.75, 3.05) is 0 Å². The van der Waals surface area contributed by atoms with Crippen molar-refractivity contribution in [1.29, 1.82) is 0 Å². The summed E-state index contributed by atoms with van der Waals surface area (Å²) in [5.74, 6) is -0.436. The minimum atomic E-state index is -0.709. The van der Waals surface area contributed by atoms with E-state index in [9.17, 15) is 9.59 Å². The predicted octanol–water partition coefficient (Wildman–Crippen LogP) is 1.03. The molecule has 0 aromatic rings. The van der Waals surface area contributed by atoms with Crippen molar-refractivity contribution >= 4 is 12.4 Å². The number of hydrogen-bond acceptors (Lipinski definition) is 4. The monoisotopic (exact) mass is 186 g/mol. The number of ether oxygens (including phenoxy) is 2. The number of carbonyl (C=O) groups excluding carboxylic acids is 2. The molecule has 1 rings (SSSR count). The van der Waals surface area contributed by atoms with E-state index >= 15 is 0 Å². The smallest absolute Gasteiger partial charge is 0.347 e. The zero-order valence-electron chi connectivity index (χ0n) is 7.91. The summed E-state index contributed by atoms with van der Waals surface area (Å²) in [5, 5.41) is 0. The predicted molar refractivity (Wildman–Crippen MR) is 45.0 cm³/mol. The minimum Gasteiger partial charge on any atom is -0.457 e. The molecule has 0 N–H and O–H groups in total. The van der Waals surface area contributed by atoms with Crippen LogP contribution in [0, 0.1) is 0 Å². The molecule has 1 fully saturated rings. The van der Waals surface area contributed by atoms with E-state index in [1.54, 1.807) is 0 Å². The Morgan fingerprint density at radius 3 is 2.92 bits per heavy atom. The van der Waals surface area contributed by atoms with E-state index in [0.29, 0.717) is 12.9 Å². The highest BCUT2D eigenvalue weighted by Crippen LogP contribution is 2.24. The number of esters is 1. The van der Waals surface area contributed by atoms with Crippen LogP contribution in [0.1, 0.15) is 33.1 Å². The van der Waals surface area contributed by atoms with Gasteiger partial charge in [0.25, 0.3) is 6.47 Å². The molecule has 1 saturated heterocycles. The Bertz CT molecular complexity index is 210. The summed E-state index contributed by atoms with van der Waals surface area (Å²) < 4.78 is 9.75. The summed E-state index contributed by atoms with van der Waals surface area (Å²) in [6, 6.07) is 0. The molecule has 0 aromatic heterocycles. The van der Waals surface area contributed by atoms with Crippen LogP contribution in [0.3, 0.4) is 0 Å². The largest absolute Gasteiger partial charge is 0.457 e. The first kappa shape index (κ1) is 10.0. The number of rotatable bonds is 2. The van der Waals surface area contributed by atoms with Gasteiger partial charge in [-0.1, -0.05) is 0 Å². The molecule has 1 unspecified atom stereocenters. The fourth-order valence-corrected chi connectivity index (χ4v) is 1.41. The third-order valence-electron chi connectivity index (χ3n) is 2.10. The second kappa shape index (κ2) is 3.77. The van der Waals surface area contributed by atoms with Gasteiger partial charge in [-0.3, -0.25) is 4.79 Å². The van der Waals surface area contributed by atoms with Crippen molar-refractivity contribution in [2.45, 2.75) is 44.8 Å². The Kier molecular flexibility index (Phi) is 2.90. The van der Waals surface area contributed by atoms with E-state index < -0.39 is 17.7 Å². The maximum atomic E-state index is 11.3. The molecule has 0 aliphatic carbocycles. The summed E-state index contributed by atoms with van der Waals surface area (Å²) in [5.41, 5.74) is -0.432. The van der Waals surface area contributed by atoms with Gasteiger partial charge in [-0.15, -0.1) is 0 Å². The van der Waals surface area contributed by atoms with Gasteiger partial charge in [0, 0.05) is 0 Å². The van der Waals surface area contributed by atoms with Crippen molar-refractivity contribution in [3.05, 3.63) is 0 Å². The van der Waals surface area contributed by atoms with Gasteiger partial charge in [-0.05, 0) is 33.1 Å². The summed E-state index contributed by atoms with van der Waals surface area (Å²) in [4.78, 5) is 21.4. The average Bonchev–Trinajstić information content (AvgIpc) is 2.11. The molecular weight excluding hydrogens is 172 g/mol. The van der Waals surface area contributed by atoms with Crippen molar-refractivity contribution in [3.8, 4) is 0 Å². The van der Waals surface area contributed by atoms with E-state index in [2.05, 4.69) is 4.74 Å². The topological polar surface area (TPSA) is 52.6 Å². The van der Waals surface area contributed by atoms with Crippen molar-refractivity contribution in [3.63, 3.8) is 0 Å². The maximum absolute atomic E-state index is 11.3. The lowest BCUT2D eigenvalue weighted by Gasteiger charge is -2.22. The van der Waals surface area contributed by atoms with Gasteiger partial charge in [-0.2, -0.15) is 0 Å². The van der Waals surface area contributed by atoms with E-state index in [-0.39, 0.29) is 0 Å². The SMILES string of the molecule is CC1(C)CCCC(OC=O)C(=O)O1. The third kappa shape index (κ3) is 2.72. The van der Waals surface area contributed by atoms with Crippen LogP contribution in [0.5, 0.6) is 0 Å². The molecule has 74 valence electrons. The van der Waals surface area contributed by atoms with Crippen molar-refractivity contribution in [2.24, 2.45) is 0 Å². The Balaban J connectivity index is 2.62. The third-order valence-corrected chi connectivity index (χ3v) is 2.10. The lowest BCUT2D eigenvalue weighted by molar-refractivity contribution is -0.169. The molecular formula is C9H14O4. The van der Waals surface area contributed by atoms with Gasteiger partial charge in [0.2, 0.25) is 0 Å². The van der Waals surface area contributed by atoms with Crippen LogP contribution < -0.4 is 0 Å². The van der Waals surface area contributed by atoms with E-state index in [1.807, 2.05) is 13.8 Å². The lowest BCUT2D eigenvalue weighted by atomic mass is 10.0. The van der Waals surface area contributed by atoms with Crippen LogP contribution in [0.25, 0.3) is 0 Å². The molecule has 4 heteroatoms. The Hall–Kier alpha value is -1.06. The molecule has 1 aliphatic rings. The fourth-order valence-electron chi connectivity index (χ4n) is 1.41. The Morgan fingerprint density at radius 1 is 1.62 bits per heavy atom. The quantitative estimate of drug-likeness (QED) is 0.477. The molecule has 0 radical (unpaired) electrons. The maximum Gasteiger partial charge on any atom is 0.347 e. The van der Waals surface area contributed by atoms with Crippen LogP contribution in [0.4, 0.5) is 0 Å². The van der Waals surface area contributed by atoms with E-state index in [0.717, 1.165) is 12.8 Å². The van der Waals surface area contributed by atoms with Crippen LogP contribution in [0.2, 0.25) is 0 Å². The highest BCUT2D eigenvalue weighted by atomic mass is 16.6. The van der Waals surface area contributed by atoms with Gasteiger partial charge in [-0.25, -0.2) is 4.79 Å². The fraction of sp³-hybridized carbons (Fsp3) is 0.778. The summed E-state index contributed by atoms with van der Waals surface area (Å²) >= 11 is 0. The van der Waals surface area contributed by atoms with Crippen LogP contribution in [0.15, 0.2) is 0 Å². The van der Waals surface area contributed by atoms with Crippen LogP contribution in [-0.2, 0) is 19.1 Å². The molecule has 1 aliphatic heterocycles. The standard InChI is InChI=1S/C9H14O4/c1-9(2)5-3-4-7(12-6-10)8(11)13-9/h6-7H,3-5H2,1-2H3. The first-order chi connectivity index (χ1) is 6.05. The number of carbonyl (C=O) groups is 2. The molecule has 0 bridgehead atoms. The summed E-state index contributed by atoms with van der Waals surface area (Å²) in [7, 11) is 0. The molecule has 0 spiro atoms. The number of cyclic esters (lactones) is 1. The van der Waals surface area contributed by atoms with Gasteiger partial charge >= 0.3 is 5.97 Å². The van der Waals surface area contributed by atoms with Crippen LogP contribution in [-0.4, -0.2) is 24.1 Å². The van der Waals surface area contributed by atoms with Gasteiger partial charge in [0.1, 0.15) is 5.60 Å². The molecule has 0 aromatic carbocycles. The highest BCUT2D eigenvalue weighted by molar-refractivity contribution is 5.76. The van der Waals surface area contributed by atoms with Crippen LogP contribution >= 0.6 is 0 Å². The second-order valence-corrected chi connectivity index (χ2v) is 3.79. The molecule has 0 saturated carbocycles. The first-order valence-electron chi connectivity index (χ1n) is 4.37. The summed E-state index contributed by atoms with van der Waals surface area (Å²) in [6.07, 6.45) is 1.48. The number of hydrogen-bond donors (Lipinski definition) is 0. The zero-order valence-corrected chi connectivity index (χ0v) is 7.91. The molecule has 13 heavy (non-hydrogen) atoms. The molecule has 0 amide bonds. The highest BCUT2D eigenvalue weighted by Gasteiger charge is 2.32. The average molecular weight is 186 g/mol. The second-order valence-electron chi connectivity index (χ2n) is 3.79. The minimum absolute atomic E-state index is 0.296. The van der Waals surface area contributed by atoms with Crippen molar-refractivity contribution in [1.82, 2.24) is 0 Å². The lowest BCUT2D eigenvalue weighted by Crippen LogP contribution is -2.31. The van der Waals surface area contributed by atoms with Crippen molar-refractivity contribution < 1.29 is 19.1 Å². The molecule has 1 heterocycles. The van der Waals surface area contributed by atoms with Gasteiger partial charge in [0.05, 0.1) is 0 Å². The Labute approximate surface area is 77.2 Å². The van der Waals surface area contributed by atoms with Gasteiger partial charge in [0.15, 0.2) is 6.10 Å².